The molecule has 0 saturated carbocycles. The highest BCUT2D eigenvalue weighted by Crippen LogP contribution is 2.34. The Balaban J connectivity index is 1.40. The smallest absolute Gasteiger partial charge is 0.251 e. The number of carbonyl (C=O) groups excluding carboxylic acids is 1. The second kappa shape index (κ2) is 7.26. The highest BCUT2D eigenvalue weighted by molar-refractivity contribution is 5.97. The molecular formula is C23H17F2N3O2. The zero-order chi connectivity index (χ0) is 20.7. The quantitative estimate of drug-likeness (QED) is 0.516. The Morgan fingerprint density at radius 3 is 2.77 bits per heavy atom. The molecule has 1 atom stereocenters. The minimum absolute atomic E-state index is 0.310. The fourth-order valence-electron chi connectivity index (χ4n) is 3.86. The van der Waals surface area contributed by atoms with Crippen molar-refractivity contribution in [3.05, 3.63) is 83.7 Å². The Labute approximate surface area is 170 Å². The maximum Gasteiger partial charge on any atom is 0.251 e. The van der Waals surface area contributed by atoms with E-state index in [2.05, 4.69) is 15.3 Å². The highest BCUT2D eigenvalue weighted by atomic mass is 19.1. The lowest BCUT2D eigenvalue weighted by atomic mass is 9.98. The number of hydrogen-bond acceptors (Lipinski definition) is 3. The summed E-state index contributed by atoms with van der Waals surface area (Å²) in [7, 11) is 0. The first-order valence-electron chi connectivity index (χ1n) is 9.56. The van der Waals surface area contributed by atoms with E-state index in [1.54, 1.807) is 48.7 Å². The third kappa shape index (κ3) is 3.08. The van der Waals surface area contributed by atoms with Gasteiger partial charge in [-0.2, -0.15) is 0 Å². The molecule has 5 nitrogen and oxygen atoms in total. The van der Waals surface area contributed by atoms with Crippen LogP contribution in [0.4, 0.5) is 8.78 Å². The van der Waals surface area contributed by atoms with Crippen molar-refractivity contribution in [1.82, 2.24) is 15.3 Å². The molecule has 150 valence electrons. The molecule has 30 heavy (non-hydrogen) atoms. The summed E-state index contributed by atoms with van der Waals surface area (Å²) in [5.41, 5.74) is 2.72. The van der Waals surface area contributed by atoms with Gasteiger partial charge in [-0.1, -0.05) is 18.2 Å². The number of halogens is 2. The van der Waals surface area contributed by atoms with Gasteiger partial charge in [-0.05, 0) is 41.5 Å². The van der Waals surface area contributed by atoms with Crippen molar-refractivity contribution < 1.29 is 18.3 Å². The van der Waals surface area contributed by atoms with Crippen LogP contribution in [0.5, 0.6) is 5.75 Å². The fourth-order valence-corrected chi connectivity index (χ4v) is 3.86. The van der Waals surface area contributed by atoms with Gasteiger partial charge in [0.15, 0.2) is 5.82 Å². The molecule has 7 heteroatoms. The minimum atomic E-state index is -0.462. The molecule has 0 spiro atoms. The van der Waals surface area contributed by atoms with Gasteiger partial charge in [0, 0.05) is 24.4 Å². The number of amides is 1. The van der Waals surface area contributed by atoms with Gasteiger partial charge in [0.05, 0.1) is 23.6 Å². The average molecular weight is 405 g/mol. The van der Waals surface area contributed by atoms with Gasteiger partial charge >= 0.3 is 0 Å². The Bertz CT molecular complexity index is 1250. The number of ether oxygens (including phenoxy) is 1. The predicted molar refractivity (Wildman–Crippen MR) is 108 cm³/mol. The SMILES string of the molecule is O=C(N[C@H]1CCOc2cccc(F)c21)c1ccc(-c2ccnc3[nH]cc(F)c23)cc1. The number of fused-ring (bicyclic) bond motifs is 2. The van der Waals surface area contributed by atoms with E-state index >= 15 is 0 Å². The number of carbonyl (C=O) groups is 1. The van der Waals surface area contributed by atoms with Crippen molar-refractivity contribution in [2.45, 2.75) is 12.5 Å². The Hall–Kier alpha value is -3.74. The van der Waals surface area contributed by atoms with Gasteiger partial charge in [0.25, 0.3) is 5.91 Å². The second-order valence-corrected chi connectivity index (χ2v) is 7.11. The van der Waals surface area contributed by atoms with E-state index in [4.69, 9.17) is 4.74 Å². The van der Waals surface area contributed by atoms with Gasteiger partial charge in [0.1, 0.15) is 17.2 Å². The minimum Gasteiger partial charge on any atom is -0.493 e. The first kappa shape index (κ1) is 18.3. The lowest BCUT2D eigenvalue weighted by Crippen LogP contribution is -2.32. The molecule has 2 aromatic heterocycles. The number of benzene rings is 2. The Morgan fingerprint density at radius 2 is 1.93 bits per heavy atom. The predicted octanol–water partition coefficient (Wildman–Crippen LogP) is 4.76. The molecule has 0 aliphatic carbocycles. The standard InChI is InChI=1S/C23H17F2N3O2/c24-16-2-1-3-19-21(16)18(9-11-30-19)28-23(29)14-6-4-13(5-7-14)15-8-10-26-22-20(15)17(25)12-27-22/h1-8,10,12,18H,9,11H2,(H,26,27)(H,28,29)/t18-/m0/s1. The number of pyridine rings is 1. The van der Waals surface area contributed by atoms with Gasteiger partial charge in [-0.3, -0.25) is 4.79 Å². The van der Waals surface area contributed by atoms with Crippen LogP contribution in [0.15, 0.2) is 60.9 Å². The van der Waals surface area contributed by atoms with Gasteiger partial charge < -0.3 is 15.0 Å². The van der Waals surface area contributed by atoms with Crippen LogP contribution in [-0.2, 0) is 0 Å². The summed E-state index contributed by atoms with van der Waals surface area (Å²) >= 11 is 0. The number of rotatable bonds is 3. The van der Waals surface area contributed by atoms with E-state index in [0.717, 1.165) is 5.56 Å². The fraction of sp³-hybridized carbons (Fsp3) is 0.130. The molecule has 1 amide bonds. The van der Waals surface area contributed by atoms with Crippen molar-refractivity contribution in [2.75, 3.05) is 6.61 Å². The van der Waals surface area contributed by atoms with Crippen molar-refractivity contribution in [3.63, 3.8) is 0 Å². The highest BCUT2D eigenvalue weighted by Gasteiger charge is 2.26. The number of aromatic nitrogens is 2. The lowest BCUT2D eigenvalue weighted by Gasteiger charge is -2.27. The average Bonchev–Trinajstić information content (AvgIpc) is 3.15. The first-order valence-corrected chi connectivity index (χ1v) is 9.56. The van der Waals surface area contributed by atoms with Crippen LogP contribution in [0, 0.1) is 11.6 Å². The van der Waals surface area contributed by atoms with Crippen molar-refractivity contribution in [2.24, 2.45) is 0 Å². The van der Waals surface area contributed by atoms with E-state index in [0.29, 0.717) is 46.5 Å². The molecule has 0 saturated heterocycles. The molecule has 2 aromatic carbocycles. The van der Waals surface area contributed by atoms with Crippen LogP contribution in [-0.4, -0.2) is 22.5 Å². The van der Waals surface area contributed by atoms with E-state index in [1.807, 2.05) is 0 Å². The maximum absolute atomic E-state index is 14.3. The maximum atomic E-state index is 14.3. The molecule has 0 fully saturated rings. The van der Waals surface area contributed by atoms with Crippen LogP contribution in [0.2, 0.25) is 0 Å². The van der Waals surface area contributed by atoms with Crippen LogP contribution < -0.4 is 10.1 Å². The normalized spacial score (nSPS) is 15.5. The number of nitrogens with zero attached hydrogens (tertiary/aromatic N) is 1. The number of nitrogens with one attached hydrogen (secondary N) is 2. The first-order chi connectivity index (χ1) is 14.6. The van der Waals surface area contributed by atoms with E-state index in [-0.39, 0.29) is 11.7 Å². The lowest BCUT2D eigenvalue weighted by molar-refractivity contribution is 0.0923. The Morgan fingerprint density at radius 1 is 1.10 bits per heavy atom. The third-order valence-corrected chi connectivity index (χ3v) is 5.31. The monoisotopic (exact) mass is 405 g/mol. The third-order valence-electron chi connectivity index (χ3n) is 5.31. The summed E-state index contributed by atoms with van der Waals surface area (Å²) < 4.78 is 33.9. The summed E-state index contributed by atoms with van der Waals surface area (Å²) in [5, 5.41) is 3.30. The topological polar surface area (TPSA) is 67.0 Å². The van der Waals surface area contributed by atoms with Crippen LogP contribution >= 0.6 is 0 Å². The summed E-state index contributed by atoms with van der Waals surface area (Å²) in [5.74, 6) is -0.634. The molecule has 5 rings (SSSR count). The molecule has 1 aliphatic heterocycles. The number of hydrogen-bond donors (Lipinski definition) is 2. The van der Waals surface area contributed by atoms with E-state index < -0.39 is 11.9 Å². The van der Waals surface area contributed by atoms with Crippen molar-refractivity contribution in [3.8, 4) is 16.9 Å². The number of aromatic amines is 1. The molecule has 4 aromatic rings. The van der Waals surface area contributed by atoms with E-state index in [1.165, 1.54) is 12.3 Å². The molecule has 2 N–H and O–H groups in total. The van der Waals surface area contributed by atoms with E-state index in [9.17, 15) is 13.6 Å². The van der Waals surface area contributed by atoms with Crippen LogP contribution in [0.1, 0.15) is 28.4 Å². The second-order valence-electron chi connectivity index (χ2n) is 7.11. The van der Waals surface area contributed by atoms with Gasteiger partial charge in [-0.25, -0.2) is 13.8 Å². The molecule has 1 aliphatic rings. The number of H-pyrrole nitrogens is 1. The van der Waals surface area contributed by atoms with Gasteiger partial charge in [-0.15, -0.1) is 0 Å². The summed E-state index contributed by atoms with van der Waals surface area (Å²) in [4.78, 5) is 19.7. The zero-order valence-corrected chi connectivity index (χ0v) is 15.8. The molecule has 0 bridgehead atoms. The van der Waals surface area contributed by atoms with Gasteiger partial charge in [0.2, 0.25) is 0 Å². The molecule has 0 unspecified atom stereocenters. The largest absolute Gasteiger partial charge is 0.493 e. The zero-order valence-electron chi connectivity index (χ0n) is 15.8. The summed E-state index contributed by atoms with van der Waals surface area (Å²) in [6, 6.07) is 12.8. The Kier molecular flexibility index (Phi) is 4.43. The molecular weight excluding hydrogens is 388 g/mol. The van der Waals surface area contributed by atoms with Crippen molar-refractivity contribution in [1.29, 1.82) is 0 Å². The van der Waals surface area contributed by atoms with Crippen LogP contribution in [0.3, 0.4) is 0 Å². The summed E-state index contributed by atoms with van der Waals surface area (Å²) in [6.07, 6.45) is 3.36. The van der Waals surface area contributed by atoms with Crippen LogP contribution in [0.25, 0.3) is 22.2 Å². The van der Waals surface area contributed by atoms with Crippen molar-refractivity contribution >= 4 is 16.9 Å². The molecule has 3 heterocycles. The molecule has 0 radical (unpaired) electrons. The summed E-state index contributed by atoms with van der Waals surface area (Å²) in [6.45, 7) is 0.403.